The Hall–Kier alpha value is -3.93. The molecule has 2 heterocycles. The molecular formula is C32H29ClFN3O5S2. The summed E-state index contributed by atoms with van der Waals surface area (Å²) in [6, 6.07) is 16.9. The van der Waals surface area contributed by atoms with E-state index < -0.39 is 17.7 Å². The molecule has 0 saturated carbocycles. The van der Waals surface area contributed by atoms with E-state index in [2.05, 4.69) is 17.1 Å². The van der Waals surface area contributed by atoms with Gasteiger partial charge in [-0.2, -0.15) is 0 Å². The predicted octanol–water partition coefficient (Wildman–Crippen LogP) is 7.83. The van der Waals surface area contributed by atoms with Crippen LogP contribution in [0.3, 0.4) is 0 Å². The van der Waals surface area contributed by atoms with Crippen molar-refractivity contribution >= 4 is 57.3 Å². The van der Waals surface area contributed by atoms with Crippen LogP contribution in [0, 0.1) is 5.82 Å². The van der Waals surface area contributed by atoms with Crippen molar-refractivity contribution in [2.75, 3.05) is 18.1 Å². The molecule has 44 heavy (non-hydrogen) atoms. The molecule has 1 aromatic heterocycles. The SMILES string of the molecule is CCCCOc1ccc(C2C(=C(O)c3ccc(Cl)cc3)C(=O)C(=O)N2c2nnc(SCc3ccccc3F)s2)cc1OCC. The molecule has 1 saturated heterocycles. The van der Waals surface area contributed by atoms with Gasteiger partial charge in [-0.1, -0.05) is 72.3 Å². The van der Waals surface area contributed by atoms with Crippen LogP contribution in [0.2, 0.25) is 5.02 Å². The van der Waals surface area contributed by atoms with Crippen LogP contribution in [0.25, 0.3) is 5.76 Å². The quantitative estimate of drug-likeness (QED) is 0.0412. The van der Waals surface area contributed by atoms with Gasteiger partial charge >= 0.3 is 5.91 Å². The fraction of sp³-hybridized carbons (Fsp3) is 0.250. The Morgan fingerprint density at radius 2 is 1.82 bits per heavy atom. The number of Topliss-reactive ketones (excluding diaryl/α,β-unsaturated/α-hetero) is 1. The van der Waals surface area contributed by atoms with Crippen LogP contribution in [-0.4, -0.2) is 40.2 Å². The number of hydrogen-bond donors (Lipinski definition) is 1. The Morgan fingerprint density at radius 1 is 1.05 bits per heavy atom. The summed E-state index contributed by atoms with van der Waals surface area (Å²) in [6.07, 6.45) is 1.83. The minimum atomic E-state index is -1.05. The second-order valence-corrected chi connectivity index (χ2v) is 12.4. The van der Waals surface area contributed by atoms with Gasteiger partial charge in [-0.15, -0.1) is 10.2 Å². The first-order valence-electron chi connectivity index (χ1n) is 14.0. The van der Waals surface area contributed by atoms with Crippen molar-refractivity contribution in [3.05, 3.63) is 99.8 Å². The lowest BCUT2D eigenvalue weighted by Gasteiger charge is -2.23. The molecule has 3 aromatic carbocycles. The molecule has 228 valence electrons. The van der Waals surface area contributed by atoms with E-state index in [1.807, 2.05) is 6.92 Å². The average molecular weight is 654 g/mol. The van der Waals surface area contributed by atoms with E-state index in [0.717, 1.165) is 24.2 Å². The zero-order valence-electron chi connectivity index (χ0n) is 24.0. The van der Waals surface area contributed by atoms with E-state index in [0.29, 0.717) is 56.5 Å². The van der Waals surface area contributed by atoms with Gasteiger partial charge in [-0.3, -0.25) is 14.5 Å². The van der Waals surface area contributed by atoms with E-state index in [9.17, 15) is 19.1 Å². The first-order chi connectivity index (χ1) is 21.3. The molecule has 1 amide bonds. The van der Waals surface area contributed by atoms with Gasteiger partial charge in [0.2, 0.25) is 5.13 Å². The van der Waals surface area contributed by atoms with E-state index in [1.54, 1.807) is 60.7 Å². The highest BCUT2D eigenvalue weighted by Crippen LogP contribution is 2.45. The Bertz CT molecular complexity index is 1700. The van der Waals surface area contributed by atoms with Gasteiger partial charge in [0.1, 0.15) is 11.6 Å². The van der Waals surface area contributed by atoms with Crippen LogP contribution >= 0.6 is 34.7 Å². The number of rotatable bonds is 12. The Balaban J connectivity index is 1.57. The maximum atomic E-state index is 14.2. The number of thioether (sulfide) groups is 1. The van der Waals surface area contributed by atoms with Crippen LogP contribution in [-0.2, 0) is 15.3 Å². The number of carbonyl (C=O) groups excluding carboxylic acids is 2. The lowest BCUT2D eigenvalue weighted by atomic mass is 9.95. The molecule has 0 spiro atoms. The summed E-state index contributed by atoms with van der Waals surface area (Å²) < 4.78 is 26.5. The maximum absolute atomic E-state index is 14.2. The highest BCUT2D eigenvalue weighted by Gasteiger charge is 2.48. The number of anilines is 1. The molecule has 1 unspecified atom stereocenters. The van der Waals surface area contributed by atoms with Crippen LogP contribution < -0.4 is 14.4 Å². The number of hydrogen-bond acceptors (Lipinski definition) is 9. The molecule has 0 aliphatic carbocycles. The van der Waals surface area contributed by atoms with Crippen molar-refractivity contribution in [1.29, 1.82) is 0 Å². The molecule has 5 rings (SSSR count). The van der Waals surface area contributed by atoms with E-state index >= 15 is 0 Å². The topological polar surface area (TPSA) is 102 Å². The number of benzene rings is 3. The largest absolute Gasteiger partial charge is 0.507 e. The number of amides is 1. The highest BCUT2D eigenvalue weighted by atomic mass is 35.5. The summed E-state index contributed by atoms with van der Waals surface area (Å²) in [5.41, 5.74) is 1.21. The van der Waals surface area contributed by atoms with E-state index in [1.165, 1.54) is 22.7 Å². The molecule has 8 nitrogen and oxygen atoms in total. The van der Waals surface area contributed by atoms with Gasteiger partial charge in [-0.05, 0) is 66.9 Å². The third-order valence-electron chi connectivity index (χ3n) is 6.81. The summed E-state index contributed by atoms with van der Waals surface area (Å²) in [5.74, 6) is -1.15. The maximum Gasteiger partial charge on any atom is 0.301 e. The number of aromatic nitrogens is 2. The number of nitrogens with zero attached hydrogens (tertiary/aromatic N) is 3. The third kappa shape index (κ3) is 6.74. The molecular weight excluding hydrogens is 625 g/mol. The zero-order chi connectivity index (χ0) is 31.2. The van der Waals surface area contributed by atoms with Crippen molar-refractivity contribution in [2.45, 2.75) is 42.8 Å². The smallest absolute Gasteiger partial charge is 0.301 e. The van der Waals surface area contributed by atoms with Gasteiger partial charge in [0.15, 0.2) is 15.8 Å². The molecule has 1 fully saturated rings. The molecule has 1 atom stereocenters. The van der Waals surface area contributed by atoms with Crippen LogP contribution in [0.1, 0.15) is 49.4 Å². The summed E-state index contributed by atoms with van der Waals surface area (Å²) in [4.78, 5) is 28.4. The fourth-order valence-corrected chi connectivity index (χ4v) is 6.61. The highest BCUT2D eigenvalue weighted by molar-refractivity contribution is 8.00. The number of aliphatic hydroxyl groups is 1. The monoisotopic (exact) mass is 653 g/mol. The second-order valence-electron chi connectivity index (χ2n) is 9.75. The van der Waals surface area contributed by atoms with Crippen LogP contribution in [0.4, 0.5) is 9.52 Å². The van der Waals surface area contributed by atoms with Gasteiger partial charge in [0.25, 0.3) is 5.78 Å². The Morgan fingerprint density at radius 3 is 2.55 bits per heavy atom. The molecule has 4 aromatic rings. The predicted molar refractivity (Wildman–Crippen MR) is 170 cm³/mol. The number of unbranched alkanes of at least 4 members (excludes halogenated alkanes) is 1. The summed E-state index contributed by atoms with van der Waals surface area (Å²) in [6.45, 7) is 4.77. The molecule has 12 heteroatoms. The fourth-order valence-electron chi connectivity index (χ4n) is 4.63. The minimum Gasteiger partial charge on any atom is -0.507 e. The molecule has 0 bridgehead atoms. The molecule has 1 aliphatic heterocycles. The van der Waals surface area contributed by atoms with Gasteiger partial charge in [-0.25, -0.2) is 4.39 Å². The Labute approximate surface area is 267 Å². The van der Waals surface area contributed by atoms with Crippen molar-refractivity contribution in [2.24, 2.45) is 0 Å². The summed E-state index contributed by atoms with van der Waals surface area (Å²) in [5, 5.41) is 20.5. The Kier molecular flexibility index (Phi) is 10.2. The van der Waals surface area contributed by atoms with E-state index in [4.69, 9.17) is 21.1 Å². The summed E-state index contributed by atoms with van der Waals surface area (Å²) >= 11 is 8.41. The molecule has 1 N–H and O–H groups in total. The van der Waals surface area contributed by atoms with Crippen molar-refractivity contribution in [1.82, 2.24) is 10.2 Å². The first kappa shape index (κ1) is 31.5. The standard InChI is InChI=1S/C32H29ClFN3O5S2/c1-3-5-16-42-24-15-12-20(17-25(24)41-4-2)27-26(28(38)19-10-13-22(33)14-11-19)29(39)30(40)37(27)31-35-36-32(44-31)43-18-21-8-6-7-9-23(21)34/h6-15,17,27,38H,3-5,16,18H2,1-2H3. The number of aliphatic hydroxyl groups excluding tert-OH is 1. The number of halogens is 2. The third-order valence-corrected chi connectivity index (χ3v) is 9.17. The van der Waals surface area contributed by atoms with Crippen molar-refractivity contribution in [3.8, 4) is 11.5 Å². The van der Waals surface area contributed by atoms with Gasteiger partial charge < -0.3 is 14.6 Å². The van der Waals surface area contributed by atoms with Crippen molar-refractivity contribution < 1.29 is 28.6 Å². The number of carbonyl (C=O) groups is 2. The van der Waals surface area contributed by atoms with Gasteiger partial charge in [0, 0.05) is 16.3 Å². The number of ether oxygens (including phenoxy) is 2. The zero-order valence-corrected chi connectivity index (χ0v) is 26.3. The first-order valence-corrected chi connectivity index (χ1v) is 16.2. The number of ketones is 1. The van der Waals surface area contributed by atoms with Crippen molar-refractivity contribution in [3.63, 3.8) is 0 Å². The lowest BCUT2D eigenvalue weighted by molar-refractivity contribution is -0.132. The minimum absolute atomic E-state index is 0.116. The molecule has 0 radical (unpaired) electrons. The summed E-state index contributed by atoms with van der Waals surface area (Å²) in [7, 11) is 0. The van der Waals surface area contributed by atoms with Crippen LogP contribution in [0.5, 0.6) is 11.5 Å². The molecule has 1 aliphatic rings. The van der Waals surface area contributed by atoms with Gasteiger partial charge in [0.05, 0.1) is 24.8 Å². The average Bonchev–Trinajstić information content (AvgIpc) is 3.59. The van der Waals surface area contributed by atoms with Crippen LogP contribution in [0.15, 0.2) is 76.6 Å². The van der Waals surface area contributed by atoms with E-state index in [-0.39, 0.29) is 22.3 Å². The normalized spacial score (nSPS) is 16.0. The second kappa shape index (κ2) is 14.2. The lowest BCUT2D eigenvalue weighted by Crippen LogP contribution is -2.29.